The number of nitrogens with zero attached hydrogens (tertiary/aromatic N) is 1. The Morgan fingerprint density at radius 2 is 2.33 bits per heavy atom. The number of rotatable bonds is 2. The lowest BCUT2D eigenvalue weighted by Gasteiger charge is -2.29. The highest BCUT2D eigenvalue weighted by Crippen LogP contribution is 2.30. The van der Waals surface area contributed by atoms with Crippen LogP contribution in [0, 0.1) is 0 Å². The lowest BCUT2D eigenvalue weighted by atomic mass is 10.1. The van der Waals surface area contributed by atoms with Crippen molar-refractivity contribution in [3.63, 3.8) is 0 Å². The van der Waals surface area contributed by atoms with E-state index in [1.165, 1.54) is 0 Å². The Kier molecular flexibility index (Phi) is 2.60. The second kappa shape index (κ2) is 3.90. The first-order valence-electron chi connectivity index (χ1n) is 5.13. The Morgan fingerprint density at radius 1 is 1.53 bits per heavy atom. The molecule has 1 aliphatic heterocycles. The summed E-state index contributed by atoms with van der Waals surface area (Å²) in [5.41, 5.74) is 8.58. The van der Waals surface area contributed by atoms with Gasteiger partial charge in [-0.3, -0.25) is 4.79 Å². The number of fused-ring (bicyclic) bond motifs is 1. The van der Waals surface area contributed by atoms with Crippen LogP contribution in [0.25, 0.3) is 0 Å². The third kappa shape index (κ3) is 1.68. The minimum atomic E-state index is 0.110. The molecule has 0 saturated heterocycles. The fraction of sp³-hybridized carbons (Fsp3) is 0.364. The van der Waals surface area contributed by atoms with Crippen LogP contribution in [0.5, 0.6) is 0 Å². The van der Waals surface area contributed by atoms with E-state index in [0.29, 0.717) is 19.6 Å². The average molecular weight is 205 g/mol. The zero-order valence-corrected chi connectivity index (χ0v) is 8.79. The zero-order chi connectivity index (χ0) is 10.8. The Bertz CT molecular complexity index is 389. The Morgan fingerprint density at radius 3 is 3.00 bits per heavy atom. The van der Waals surface area contributed by atoms with E-state index in [2.05, 4.69) is 5.32 Å². The van der Waals surface area contributed by atoms with Gasteiger partial charge in [-0.15, -0.1) is 0 Å². The van der Waals surface area contributed by atoms with Crippen LogP contribution in [0.2, 0.25) is 0 Å². The van der Waals surface area contributed by atoms with Gasteiger partial charge in [-0.1, -0.05) is 6.07 Å². The molecule has 4 heteroatoms. The van der Waals surface area contributed by atoms with Crippen molar-refractivity contribution in [2.45, 2.75) is 13.5 Å². The molecule has 80 valence electrons. The van der Waals surface area contributed by atoms with Gasteiger partial charge in [-0.25, -0.2) is 0 Å². The van der Waals surface area contributed by atoms with Gasteiger partial charge in [0.05, 0.1) is 17.9 Å². The molecule has 15 heavy (non-hydrogen) atoms. The molecule has 1 aromatic rings. The van der Waals surface area contributed by atoms with Crippen LogP contribution in [0.1, 0.15) is 12.5 Å². The molecule has 0 radical (unpaired) electrons. The first-order valence-corrected chi connectivity index (χ1v) is 5.13. The van der Waals surface area contributed by atoms with Gasteiger partial charge in [0.25, 0.3) is 0 Å². The van der Waals surface area contributed by atoms with Crippen LogP contribution < -0.4 is 16.0 Å². The number of nitrogens with two attached hydrogens (primary N) is 1. The molecular formula is C11H15N3O. The van der Waals surface area contributed by atoms with Crippen LogP contribution in [-0.2, 0) is 11.3 Å². The summed E-state index contributed by atoms with van der Waals surface area (Å²) < 4.78 is 0. The normalized spacial score (nSPS) is 14.8. The summed E-state index contributed by atoms with van der Waals surface area (Å²) in [6.45, 7) is 3.55. The Balaban J connectivity index is 2.45. The van der Waals surface area contributed by atoms with E-state index in [1.54, 1.807) is 4.90 Å². The van der Waals surface area contributed by atoms with Gasteiger partial charge >= 0.3 is 0 Å². The monoisotopic (exact) mass is 205 g/mol. The van der Waals surface area contributed by atoms with Crippen molar-refractivity contribution in [1.29, 1.82) is 0 Å². The molecule has 0 atom stereocenters. The van der Waals surface area contributed by atoms with Gasteiger partial charge in [0, 0.05) is 13.1 Å². The number of anilines is 2. The molecule has 0 unspecified atom stereocenters. The summed E-state index contributed by atoms with van der Waals surface area (Å²) in [5.74, 6) is 0.110. The SMILES string of the molecule is CCN1C(=O)CNc2ccc(CN)cc21. The number of benzene rings is 1. The van der Waals surface area contributed by atoms with Crippen molar-refractivity contribution in [2.24, 2.45) is 5.73 Å². The number of hydrogen-bond donors (Lipinski definition) is 2. The highest BCUT2D eigenvalue weighted by molar-refractivity contribution is 6.02. The minimum Gasteiger partial charge on any atom is -0.374 e. The average Bonchev–Trinajstić information content (AvgIpc) is 2.28. The van der Waals surface area contributed by atoms with E-state index in [1.807, 2.05) is 25.1 Å². The molecule has 1 amide bonds. The molecule has 0 aromatic heterocycles. The van der Waals surface area contributed by atoms with E-state index in [-0.39, 0.29) is 5.91 Å². The maximum absolute atomic E-state index is 11.6. The Labute approximate surface area is 89.1 Å². The molecule has 3 N–H and O–H groups in total. The van der Waals surface area contributed by atoms with Crippen molar-refractivity contribution in [3.05, 3.63) is 23.8 Å². The van der Waals surface area contributed by atoms with Gasteiger partial charge in [-0.05, 0) is 24.6 Å². The molecule has 0 saturated carbocycles. The summed E-state index contributed by atoms with van der Waals surface area (Å²) in [6.07, 6.45) is 0. The van der Waals surface area contributed by atoms with Crippen LogP contribution >= 0.6 is 0 Å². The predicted molar refractivity (Wildman–Crippen MR) is 60.9 cm³/mol. The Hall–Kier alpha value is -1.55. The van der Waals surface area contributed by atoms with Crippen LogP contribution in [0.4, 0.5) is 11.4 Å². The quantitative estimate of drug-likeness (QED) is 0.755. The standard InChI is InChI=1S/C11H15N3O/c1-2-14-10-5-8(6-12)3-4-9(10)13-7-11(14)15/h3-5,13H,2,6-7,12H2,1H3. The summed E-state index contributed by atoms with van der Waals surface area (Å²) >= 11 is 0. The van der Waals surface area contributed by atoms with Gasteiger partial charge in [-0.2, -0.15) is 0 Å². The number of hydrogen-bond acceptors (Lipinski definition) is 3. The second-order valence-corrected chi connectivity index (χ2v) is 3.55. The van der Waals surface area contributed by atoms with Crippen molar-refractivity contribution >= 4 is 17.3 Å². The molecule has 1 aliphatic rings. The van der Waals surface area contributed by atoms with E-state index in [4.69, 9.17) is 5.73 Å². The first-order chi connectivity index (χ1) is 7.26. The third-order valence-electron chi connectivity index (χ3n) is 2.64. The largest absolute Gasteiger partial charge is 0.374 e. The lowest BCUT2D eigenvalue weighted by Crippen LogP contribution is -2.39. The highest BCUT2D eigenvalue weighted by Gasteiger charge is 2.22. The molecule has 0 spiro atoms. The summed E-state index contributed by atoms with van der Waals surface area (Å²) in [7, 11) is 0. The number of amides is 1. The molecule has 1 heterocycles. The van der Waals surface area contributed by atoms with Crippen molar-refractivity contribution in [1.82, 2.24) is 0 Å². The smallest absolute Gasteiger partial charge is 0.246 e. The van der Waals surface area contributed by atoms with Crippen molar-refractivity contribution < 1.29 is 4.79 Å². The highest BCUT2D eigenvalue weighted by atomic mass is 16.2. The molecule has 1 aromatic carbocycles. The van der Waals surface area contributed by atoms with E-state index in [9.17, 15) is 4.79 Å². The van der Waals surface area contributed by atoms with Gasteiger partial charge in [0.15, 0.2) is 0 Å². The number of carbonyl (C=O) groups is 1. The molecular weight excluding hydrogens is 190 g/mol. The van der Waals surface area contributed by atoms with Crippen molar-refractivity contribution in [3.8, 4) is 0 Å². The number of carbonyl (C=O) groups excluding carboxylic acids is 1. The topological polar surface area (TPSA) is 58.4 Å². The minimum absolute atomic E-state index is 0.110. The van der Waals surface area contributed by atoms with Crippen LogP contribution in [0.15, 0.2) is 18.2 Å². The molecule has 4 nitrogen and oxygen atoms in total. The van der Waals surface area contributed by atoms with Crippen LogP contribution in [0.3, 0.4) is 0 Å². The van der Waals surface area contributed by atoms with Gasteiger partial charge in [0.1, 0.15) is 0 Å². The van der Waals surface area contributed by atoms with Crippen LogP contribution in [-0.4, -0.2) is 19.0 Å². The fourth-order valence-corrected chi connectivity index (χ4v) is 1.82. The maximum Gasteiger partial charge on any atom is 0.246 e. The summed E-state index contributed by atoms with van der Waals surface area (Å²) in [6, 6.07) is 5.94. The molecule has 0 bridgehead atoms. The summed E-state index contributed by atoms with van der Waals surface area (Å²) in [4.78, 5) is 13.4. The molecule has 0 aliphatic carbocycles. The van der Waals surface area contributed by atoms with E-state index >= 15 is 0 Å². The maximum atomic E-state index is 11.6. The molecule has 0 fully saturated rings. The molecule has 2 rings (SSSR count). The first kappa shape index (κ1) is 9.98. The summed E-state index contributed by atoms with van der Waals surface area (Å²) in [5, 5.41) is 3.10. The zero-order valence-electron chi connectivity index (χ0n) is 8.79. The van der Waals surface area contributed by atoms with Gasteiger partial charge in [0.2, 0.25) is 5.91 Å². The fourth-order valence-electron chi connectivity index (χ4n) is 1.82. The number of likely N-dealkylation sites (N-methyl/N-ethyl adjacent to an activating group) is 1. The third-order valence-corrected chi connectivity index (χ3v) is 2.64. The lowest BCUT2D eigenvalue weighted by molar-refractivity contribution is -0.117. The van der Waals surface area contributed by atoms with Gasteiger partial charge < -0.3 is 16.0 Å². The van der Waals surface area contributed by atoms with Crippen molar-refractivity contribution in [2.75, 3.05) is 23.3 Å². The predicted octanol–water partition coefficient (Wildman–Crippen LogP) is 0.924. The van der Waals surface area contributed by atoms with E-state index < -0.39 is 0 Å². The second-order valence-electron chi connectivity index (χ2n) is 3.55. The van der Waals surface area contributed by atoms with E-state index in [0.717, 1.165) is 16.9 Å². The number of nitrogens with one attached hydrogen (secondary N) is 1.